The van der Waals surface area contributed by atoms with Crippen molar-refractivity contribution >= 4 is 5.71 Å². The molecule has 0 spiro atoms. The summed E-state index contributed by atoms with van der Waals surface area (Å²) < 4.78 is 0. The fraction of sp³-hybridized carbons (Fsp3) is 0.833. The molecule has 2 heteroatoms. The molecular weight excluding hydrogens is 102 g/mol. The quantitative estimate of drug-likeness (QED) is 0.482. The first-order valence-corrected chi connectivity index (χ1v) is 3.06. The van der Waals surface area contributed by atoms with Crippen molar-refractivity contribution < 1.29 is 5.11 Å². The van der Waals surface area contributed by atoms with Gasteiger partial charge in [-0.3, -0.25) is 0 Å². The number of aliphatic hydroxyl groups is 1. The Bertz CT molecular complexity index is 101. The summed E-state index contributed by atoms with van der Waals surface area (Å²) in [4.78, 5) is 0. The lowest BCUT2D eigenvalue weighted by atomic mass is 9.96. The number of aliphatic hydroxyl groups excluding tert-OH is 1. The Morgan fingerprint density at radius 3 is 2.62 bits per heavy atom. The summed E-state index contributed by atoms with van der Waals surface area (Å²) in [5, 5.41) is 16.1. The van der Waals surface area contributed by atoms with Crippen LogP contribution in [0.1, 0.15) is 25.7 Å². The van der Waals surface area contributed by atoms with Gasteiger partial charge in [0.15, 0.2) is 0 Å². The van der Waals surface area contributed by atoms with Gasteiger partial charge in [0.25, 0.3) is 0 Å². The summed E-state index contributed by atoms with van der Waals surface area (Å²) >= 11 is 0. The van der Waals surface area contributed by atoms with E-state index in [1.807, 2.05) is 0 Å². The van der Waals surface area contributed by atoms with Crippen molar-refractivity contribution in [2.24, 2.45) is 0 Å². The summed E-state index contributed by atoms with van der Waals surface area (Å²) in [6, 6.07) is 0. The molecule has 1 atom stereocenters. The summed E-state index contributed by atoms with van der Waals surface area (Å²) in [7, 11) is 0. The second-order valence-corrected chi connectivity index (χ2v) is 2.29. The zero-order chi connectivity index (χ0) is 5.98. The van der Waals surface area contributed by atoms with Gasteiger partial charge in [-0.15, -0.1) is 0 Å². The van der Waals surface area contributed by atoms with Gasteiger partial charge in [-0.1, -0.05) is 6.42 Å². The van der Waals surface area contributed by atoms with E-state index in [1.165, 1.54) is 0 Å². The summed E-state index contributed by atoms with van der Waals surface area (Å²) in [6.07, 6.45) is 3.38. The van der Waals surface area contributed by atoms with Gasteiger partial charge in [0, 0.05) is 5.71 Å². The second-order valence-electron chi connectivity index (χ2n) is 2.29. The van der Waals surface area contributed by atoms with Crippen LogP contribution in [0.2, 0.25) is 0 Å². The highest BCUT2D eigenvalue weighted by Crippen LogP contribution is 2.13. The third kappa shape index (κ3) is 1.07. The molecule has 1 rings (SSSR count). The van der Waals surface area contributed by atoms with E-state index in [4.69, 9.17) is 10.5 Å². The van der Waals surface area contributed by atoms with Gasteiger partial charge in [-0.2, -0.15) is 0 Å². The molecule has 1 saturated carbocycles. The minimum Gasteiger partial charge on any atom is -0.387 e. The normalized spacial score (nSPS) is 30.6. The molecule has 0 aromatic carbocycles. The van der Waals surface area contributed by atoms with Crippen molar-refractivity contribution in [2.45, 2.75) is 31.8 Å². The third-order valence-corrected chi connectivity index (χ3v) is 1.58. The van der Waals surface area contributed by atoms with E-state index in [1.54, 1.807) is 0 Å². The molecule has 1 aliphatic rings. The lowest BCUT2D eigenvalue weighted by molar-refractivity contribution is 0.214. The lowest BCUT2D eigenvalue weighted by Crippen LogP contribution is -2.22. The molecule has 0 aromatic rings. The van der Waals surface area contributed by atoms with Gasteiger partial charge in [0.1, 0.15) is 0 Å². The molecule has 0 aliphatic heterocycles. The van der Waals surface area contributed by atoms with Crippen LogP contribution >= 0.6 is 0 Å². The standard InChI is InChI=1S/C6H11NO/c7-5-3-1-2-4-6(5)8/h6-8H,1-4H2/t6-/m1/s1. The van der Waals surface area contributed by atoms with Gasteiger partial charge in [0.05, 0.1) is 6.10 Å². The zero-order valence-corrected chi connectivity index (χ0v) is 4.85. The SMILES string of the molecule is N=C1CCCC[C@H]1O. The fourth-order valence-corrected chi connectivity index (χ4v) is 0.994. The Balaban J connectivity index is 2.39. The van der Waals surface area contributed by atoms with Gasteiger partial charge in [-0.25, -0.2) is 0 Å². The number of nitrogens with one attached hydrogen (secondary N) is 1. The molecule has 46 valence electrons. The maximum absolute atomic E-state index is 8.95. The maximum Gasteiger partial charge on any atom is 0.0913 e. The van der Waals surface area contributed by atoms with Crippen molar-refractivity contribution in [2.75, 3.05) is 0 Å². The zero-order valence-electron chi connectivity index (χ0n) is 4.85. The number of rotatable bonds is 0. The molecule has 1 fully saturated rings. The maximum atomic E-state index is 8.95. The van der Waals surface area contributed by atoms with Gasteiger partial charge >= 0.3 is 0 Å². The van der Waals surface area contributed by atoms with Crippen molar-refractivity contribution in [1.29, 1.82) is 5.41 Å². The van der Waals surface area contributed by atoms with Gasteiger partial charge < -0.3 is 10.5 Å². The van der Waals surface area contributed by atoms with Gasteiger partial charge in [0.2, 0.25) is 0 Å². The molecule has 8 heavy (non-hydrogen) atoms. The fourth-order valence-electron chi connectivity index (χ4n) is 0.994. The van der Waals surface area contributed by atoms with Gasteiger partial charge in [-0.05, 0) is 19.3 Å². The smallest absolute Gasteiger partial charge is 0.0913 e. The Morgan fingerprint density at radius 1 is 1.50 bits per heavy atom. The van der Waals surface area contributed by atoms with Crippen LogP contribution in [0.5, 0.6) is 0 Å². The van der Waals surface area contributed by atoms with E-state index in [-0.39, 0.29) is 0 Å². The van der Waals surface area contributed by atoms with Crippen LogP contribution in [0, 0.1) is 5.41 Å². The van der Waals surface area contributed by atoms with Crippen LogP contribution in [0.3, 0.4) is 0 Å². The minimum absolute atomic E-state index is 0.413. The van der Waals surface area contributed by atoms with Crippen LogP contribution in [0.4, 0.5) is 0 Å². The first-order chi connectivity index (χ1) is 3.80. The molecule has 0 unspecified atom stereocenters. The van der Waals surface area contributed by atoms with Crippen LogP contribution < -0.4 is 0 Å². The molecular formula is C6H11NO. The van der Waals surface area contributed by atoms with E-state index in [2.05, 4.69) is 0 Å². The second kappa shape index (κ2) is 2.27. The molecule has 0 radical (unpaired) electrons. The number of hydrogen-bond donors (Lipinski definition) is 2. The Morgan fingerprint density at radius 2 is 2.25 bits per heavy atom. The first kappa shape index (κ1) is 5.76. The summed E-state index contributed by atoms with van der Waals surface area (Å²) in [5.74, 6) is 0. The Labute approximate surface area is 49.0 Å². The molecule has 2 N–H and O–H groups in total. The molecule has 0 aromatic heterocycles. The highest BCUT2D eigenvalue weighted by Gasteiger charge is 2.14. The summed E-state index contributed by atoms with van der Waals surface area (Å²) in [6.45, 7) is 0. The molecule has 0 bridgehead atoms. The van der Waals surface area contributed by atoms with Crippen LogP contribution in [0.25, 0.3) is 0 Å². The topological polar surface area (TPSA) is 44.1 Å². The first-order valence-electron chi connectivity index (χ1n) is 3.06. The number of hydrogen-bond acceptors (Lipinski definition) is 2. The third-order valence-electron chi connectivity index (χ3n) is 1.58. The summed E-state index contributed by atoms with van der Waals surface area (Å²) in [5.41, 5.74) is 0.524. The van der Waals surface area contributed by atoms with E-state index in [0.717, 1.165) is 25.7 Å². The van der Waals surface area contributed by atoms with E-state index >= 15 is 0 Å². The Hall–Kier alpha value is -0.370. The van der Waals surface area contributed by atoms with Crippen LogP contribution in [-0.4, -0.2) is 16.9 Å². The predicted octanol–water partition coefficient (Wildman–Crippen LogP) is 0.941. The molecule has 0 amide bonds. The average Bonchev–Trinajstić information content (AvgIpc) is 1.77. The molecule has 0 heterocycles. The van der Waals surface area contributed by atoms with Crippen molar-refractivity contribution in [1.82, 2.24) is 0 Å². The van der Waals surface area contributed by atoms with Crippen molar-refractivity contribution in [3.8, 4) is 0 Å². The molecule has 2 nitrogen and oxygen atoms in total. The van der Waals surface area contributed by atoms with E-state index < -0.39 is 6.10 Å². The highest BCUT2D eigenvalue weighted by molar-refractivity contribution is 5.86. The molecule has 1 aliphatic carbocycles. The van der Waals surface area contributed by atoms with Crippen LogP contribution in [-0.2, 0) is 0 Å². The van der Waals surface area contributed by atoms with E-state index in [9.17, 15) is 0 Å². The van der Waals surface area contributed by atoms with Crippen molar-refractivity contribution in [3.63, 3.8) is 0 Å². The predicted molar refractivity (Wildman–Crippen MR) is 32.2 cm³/mol. The Kier molecular flexibility index (Phi) is 1.63. The minimum atomic E-state index is -0.413. The van der Waals surface area contributed by atoms with Crippen molar-refractivity contribution in [3.05, 3.63) is 0 Å². The monoisotopic (exact) mass is 113 g/mol. The molecule has 0 saturated heterocycles. The van der Waals surface area contributed by atoms with Crippen LogP contribution in [0.15, 0.2) is 0 Å². The highest BCUT2D eigenvalue weighted by atomic mass is 16.3. The largest absolute Gasteiger partial charge is 0.387 e. The average molecular weight is 113 g/mol. The lowest BCUT2D eigenvalue weighted by Gasteiger charge is -2.16. The van der Waals surface area contributed by atoms with E-state index in [0.29, 0.717) is 5.71 Å².